The van der Waals surface area contributed by atoms with Gasteiger partial charge in [0.1, 0.15) is 0 Å². The van der Waals surface area contributed by atoms with Gasteiger partial charge in [0, 0.05) is 28.4 Å². The Kier molecular flexibility index (Phi) is 6.50. The zero-order valence-corrected chi connectivity index (χ0v) is 26.3. The normalized spacial score (nSPS) is 11.6. The van der Waals surface area contributed by atoms with Crippen LogP contribution in [0.2, 0.25) is 0 Å². The monoisotopic (exact) mass is 599 g/mol. The molecule has 0 amide bonds. The van der Waals surface area contributed by atoms with Crippen LogP contribution >= 0.6 is 0 Å². The molecule has 0 aliphatic carbocycles. The van der Waals surface area contributed by atoms with E-state index in [0.29, 0.717) is 0 Å². The molecule has 0 spiro atoms. The first-order valence-corrected chi connectivity index (χ1v) is 16.5. The Labute approximate surface area is 275 Å². The quantitative estimate of drug-likeness (QED) is 0.173. The summed E-state index contributed by atoms with van der Waals surface area (Å²) in [6, 6.07) is 62.3. The van der Waals surface area contributed by atoms with E-state index in [1.165, 1.54) is 87.9 Å². The van der Waals surface area contributed by atoms with Crippen molar-refractivity contribution in [3.05, 3.63) is 170 Å². The fraction of sp³-hybridized carbons (Fsp3) is 0.0435. The Balaban J connectivity index is 1.17. The minimum atomic E-state index is 0.956. The van der Waals surface area contributed by atoms with Crippen LogP contribution in [-0.4, -0.2) is 4.57 Å². The summed E-state index contributed by atoms with van der Waals surface area (Å²) in [6.07, 6.45) is 0. The first-order chi connectivity index (χ1) is 23.3. The fourth-order valence-electron chi connectivity index (χ4n) is 7.61. The molecule has 9 aromatic rings. The van der Waals surface area contributed by atoms with Gasteiger partial charge in [0.05, 0.1) is 0 Å². The average molecular weight is 600 g/mol. The van der Waals surface area contributed by atoms with Gasteiger partial charge in [-0.15, -0.1) is 0 Å². The molecule has 0 radical (unpaired) electrons. The van der Waals surface area contributed by atoms with Crippen LogP contribution in [0, 0.1) is 0 Å². The number of hydrogen-bond donors (Lipinski definition) is 0. The van der Waals surface area contributed by atoms with Crippen molar-refractivity contribution in [1.82, 2.24) is 4.57 Å². The number of para-hydroxylation sites is 1. The molecule has 0 saturated heterocycles. The lowest BCUT2D eigenvalue weighted by Gasteiger charge is -2.18. The van der Waals surface area contributed by atoms with Gasteiger partial charge in [0.15, 0.2) is 0 Å². The van der Waals surface area contributed by atoms with Crippen LogP contribution in [0.4, 0.5) is 0 Å². The summed E-state index contributed by atoms with van der Waals surface area (Å²) >= 11 is 0. The third-order valence-corrected chi connectivity index (χ3v) is 9.81. The van der Waals surface area contributed by atoms with Crippen LogP contribution in [0.15, 0.2) is 170 Å². The van der Waals surface area contributed by atoms with Crippen LogP contribution in [0.1, 0.15) is 6.92 Å². The Morgan fingerprint density at radius 2 is 0.702 bits per heavy atom. The number of nitrogens with zero attached hydrogens (tertiary/aromatic N) is 1. The van der Waals surface area contributed by atoms with Crippen LogP contribution in [0.5, 0.6) is 0 Å². The van der Waals surface area contributed by atoms with Gasteiger partial charge in [-0.05, 0) is 91.2 Å². The first-order valence-electron chi connectivity index (χ1n) is 16.5. The van der Waals surface area contributed by atoms with Crippen molar-refractivity contribution in [2.45, 2.75) is 13.5 Å². The average Bonchev–Trinajstić information content (AvgIpc) is 3.47. The molecule has 8 aromatic carbocycles. The summed E-state index contributed by atoms with van der Waals surface area (Å²) < 4.78 is 2.41. The summed E-state index contributed by atoms with van der Waals surface area (Å²) in [6.45, 7) is 3.18. The highest BCUT2D eigenvalue weighted by atomic mass is 15.0. The second kappa shape index (κ2) is 11.2. The van der Waals surface area contributed by atoms with Crippen molar-refractivity contribution in [3.8, 4) is 44.5 Å². The van der Waals surface area contributed by atoms with E-state index >= 15 is 0 Å². The molecule has 0 aliphatic heterocycles. The minimum Gasteiger partial charge on any atom is -0.341 e. The fourth-order valence-corrected chi connectivity index (χ4v) is 7.61. The molecule has 0 N–H and O–H groups in total. The summed E-state index contributed by atoms with van der Waals surface area (Å²) in [4.78, 5) is 0. The number of hydrogen-bond acceptors (Lipinski definition) is 0. The molecular weight excluding hydrogens is 567 g/mol. The molecule has 222 valence electrons. The summed E-state index contributed by atoms with van der Waals surface area (Å²) in [7, 11) is 0. The van der Waals surface area contributed by atoms with Gasteiger partial charge in [-0.1, -0.05) is 152 Å². The largest absolute Gasteiger partial charge is 0.341 e. The lowest BCUT2D eigenvalue weighted by Crippen LogP contribution is -1.92. The smallest absolute Gasteiger partial charge is 0.0491 e. The SMILES string of the molecule is CCn1c2ccccc2c2cc(-c3ccc(-c4c5ccccc5c(-c5ccc(-c6ccccc6)cc5)c5ccccc45)cc3)ccc21. The first kappa shape index (κ1) is 27.4. The zero-order valence-electron chi connectivity index (χ0n) is 26.3. The van der Waals surface area contributed by atoms with E-state index < -0.39 is 0 Å². The van der Waals surface area contributed by atoms with Gasteiger partial charge in [0.2, 0.25) is 0 Å². The predicted octanol–water partition coefficient (Wildman–Crippen LogP) is 12.8. The molecule has 0 saturated carbocycles. The van der Waals surface area contributed by atoms with Crippen LogP contribution in [-0.2, 0) is 6.54 Å². The molecule has 1 aromatic heterocycles. The standard InChI is InChI=1S/C46H33N/c1-2-47-43-19-11-10-14-37(43)42-30-36(28-29-44(42)47)33-22-26-35(27-23-33)46-40-17-8-6-15-38(40)45(39-16-7-9-18-41(39)46)34-24-20-32(21-25-34)31-12-4-3-5-13-31/h3-30H,2H2,1H3. The van der Waals surface area contributed by atoms with Crippen molar-refractivity contribution in [3.63, 3.8) is 0 Å². The zero-order chi connectivity index (χ0) is 31.3. The van der Waals surface area contributed by atoms with E-state index in [2.05, 4.69) is 181 Å². The maximum absolute atomic E-state index is 2.41. The van der Waals surface area contributed by atoms with Crippen LogP contribution < -0.4 is 0 Å². The molecule has 9 rings (SSSR count). The lowest BCUT2D eigenvalue weighted by molar-refractivity contribution is 0.827. The molecule has 47 heavy (non-hydrogen) atoms. The maximum atomic E-state index is 2.41. The van der Waals surface area contributed by atoms with E-state index in [0.717, 1.165) is 6.54 Å². The van der Waals surface area contributed by atoms with Gasteiger partial charge in [-0.2, -0.15) is 0 Å². The highest BCUT2D eigenvalue weighted by Gasteiger charge is 2.17. The number of rotatable bonds is 5. The molecule has 0 unspecified atom stereocenters. The van der Waals surface area contributed by atoms with Gasteiger partial charge in [0.25, 0.3) is 0 Å². The van der Waals surface area contributed by atoms with Gasteiger partial charge < -0.3 is 4.57 Å². The summed E-state index contributed by atoms with van der Waals surface area (Å²) in [5, 5.41) is 7.72. The number of benzene rings is 8. The number of fused-ring (bicyclic) bond motifs is 5. The lowest BCUT2D eigenvalue weighted by atomic mass is 9.85. The maximum Gasteiger partial charge on any atom is 0.0491 e. The molecule has 0 bridgehead atoms. The summed E-state index contributed by atoms with van der Waals surface area (Å²) in [5.74, 6) is 0. The Morgan fingerprint density at radius 1 is 0.319 bits per heavy atom. The second-order valence-electron chi connectivity index (χ2n) is 12.4. The van der Waals surface area contributed by atoms with E-state index in [1.807, 2.05) is 0 Å². The van der Waals surface area contributed by atoms with Crippen LogP contribution in [0.25, 0.3) is 87.9 Å². The third-order valence-electron chi connectivity index (χ3n) is 9.81. The van der Waals surface area contributed by atoms with E-state index in [9.17, 15) is 0 Å². The second-order valence-corrected chi connectivity index (χ2v) is 12.4. The topological polar surface area (TPSA) is 4.93 Å². The number of aromatic nitrogens is 1. The molecule has 0 atom stereocenters. The van der Waals surface area contributed by atoms with Crippen molar-refractivity contribution in [2.24, 2.45) is 0 Å². The van der Waals surface area contributed by atoms with Crippen molar-refractivity contribution in [1.29, 1.82) is 0 Å². The minimum absolute atomic E-state index is 0.956. The van der Waals surface area contributed by atoms with Gasteiger partial charge in [-0.3, -0.25) is 0 Å². The molecular formula is C46H33N. The predicted molar refractivity (Wildman–Crippen MR) is 202 cm³/mol. The summed E-state index contributed by atoms with van der Waals surface area (Å²) in [5.41, 5.74) is 12.6. The van der Waals surface area contributed by atoms with Crippen molar-refractivity contribution >= 4 is 43.4 Å². The molecule has 0 fully saturated rings. The Bertz CT molecular complexity index is 2510. The molecule has 1 heteroatoms. The molecule has 0 aliphatic rings. The van der Waals surface area contributed by atoms with Gasteiger partial charge >= 0.3 is 0 Å². The Morgan fingerprint density at radius 3 is 1.23 bits per heavy atom. The molecule has 1 nitrogen and oxygen atoms in total. The van der Waals surface area contributed by atoms with Gasteiger partial charge in [-0.25, -0.2) is 0 Å². The van der Waals surface area contributed by atoms with Crippen LogP contribution in [0.3, 0.4) is 0 Å². The number of aryl methyl sites for hydroxylation is 1. The molecule has 1 heterocycles. The van der Waals surface area contributed by atoms with E-state index in [1.54, 1.807) is 0 Å². The highest BCUT2D eigenvalue weighted by molar-refractivity contribution is 6.21. The van der Waals surface area contributed by atoms with Crippen molar-refractivity contribution < 1.29 is 0 Å². The third kappa shape index (κ3) is 4.47. The van der Waals surface area contributed by atoms with E-state index in [-0.39, 0.29) is 0 Å². The highest BCUT2D eigenvalue weighted by Crippen LogP contribution is 2.44. The Hall–Kier alpha value is -5.92. The van der Waals surface area contributed by atoms with E-state index in [4.69, 9.17) is 0 Å². The van der Waals surface area contributed by atoms with Crippen molar-refractivity contribution in [2.75, 3.05) is 0 Å².